The molecular weight excluding hydrogens is 421 g/mol. The highest BCUT2D eigenvalue weighted by atomic mass is 19.1. The number of fused-ring (bicyclic) bond motifs is 1. The molecule has 0 saturated carbocycles. The van der Waals surface area contributed by atoms with Gasteiger partial charge in [0.05, 0.1) is 5.56 Å². The maximum atomic E-state index is 13.1. The van der Waals surface area contributed by atoms with Gasteiger partial charge in [-0.15, -0.1) is 0 Å². The first-order chi connectivity index (χ1) is 15.8. The summed E-state index contributed by atoms with van der Waals surface area (Å²) in [4.78, 5) is 14.8. The first-order valence-electron chi connectivity index (χ1n) is 11.1. The number of halogens is 1. The molecule has 0 bridgehead atoms. The number of aryl methyl sites for hydroxylation is 1. The Morgan fingerprint density at radius 2 is 1.82 bits per heavy atom. The summed E-state index contributed by atoms with van der Waals surface area (Å²) >= 11 is 0. The number of carbonyl (C=O) groups is 1. The van der Waals surface area contributed by atoms with Gasteiger partial charge < -0.3 is 15.3 Å². The molecule has 4 rings (SSSR count). The van der Waals surface area contributed by atoms with E-state index in [0.717, 1.165) is 35.1 Å². The van der Waals surface area contributed by atoms with Crippen molar-refractivity contribution in [3.8, 4) is 11.5 Å². The van der Waals surface area contributed by atoms with E-state index < -0.39 is 6.23 Å². The lowest BCUT2D eigenvalue weighted by molar-refractivity contribution is 0.0151. The maximum Gasteiger partial charge on any atom is 0.169 e. The molecule has 0 saturated heterocycles. The van der Waals surface area contributed by atoms with E-state index in [0.29, 0.717) is 19.4 Å². The van der Waals surface area contributed by atoms with Crippen molar-refractivity contribution in [2.24, 2.45) is 5.92 Å². The first-order valence-corrected chi connectivity index (χ1v) is 11.1. The van der Waals surface area contributed by atoms with Crippen molar-refractivity contribution in [3.05, 3.63) is 94.3 Å². The minimum Gasteiger partial charge on any atom is -0.508 e. The molecule has 2 unspecified atom stereocenters. The third-order valence-corrected chi connectivity index (χ3v) is 6.37. The Kier molecular flexibility index (Phi) is 6.77. The van der Waals surface area contributed by atoms with Crippen molar-refractivity contribution >= 4 is 5.78 Å². The predicted molar refractivity (Wildman–Crippen MR) is 124 cm³/mol. The fraction of sp³-hybridized carbons (Fsp3) is 0.296. The molecule has 33 heavy (non-hydrogen) atoms. The van der Waals surface area contributed by atoms with E-state index >= 15 is 0 Å². The molecule has 6 heteroatoms. The second kappa shape index (κ2) is 9.73. The molecule has 0 aromatic heterocycles. The van der Waals surface area contributed by atoms with Crippen molar-refractivity contribution in [1.82, 2.24) is 4.90 Å². The van der Waals surface area contributed by atoms with Gasteiger partial charge in [-0.2, -0.15) is 0 Å². The second-order valence-electron chi connectivity index (χ2n) is 8.80. The highest BCUT2D eigenvalue weighted by molar-refractivity contribution is 6.00. The van der Waals surface area contributed by atoms with Gasteiger partial charge in [0.25, 0.3) is 0 Å². The molecule has 1 aliphatic rings. The van der Waals surface area contributed by atoms with Crippen molar-refractivity contribution in [2.75, 3.05) is 7.05 Å². The third kappa shape index (κ3) is 5.24. The van der Waals surface area contributed by atoms with Gasteiger partial charge in [0.15, 0.2) is 5.78 Å². The number of aromatic hydroxyl groups is 2. The Morgan fingerprint density at radius 1 is 1.06 bits per heavy atom. The van der Waals surface area contributed by atoms with Gasteiger partial charge in [0, 0.05) is 18.5 Å². The predicted octanol–water partition coefficient (Wildman–Crippen LogP) is 4.74. The van der Waals surface area contributed by atoms with Crippen LogP contribution >= 0.6 is 0 Å². The van der Waals surface area contributed by atoms with Crippen LogP contribution in [0, 0.1) is 11.7 Å². The lowest BCUT2D eigenvalue weighted by Crippen LogP contribution is -2.24. The average Bonchev–Trinajstić information content (AvgIpc) is 3.01. The Bertz CT molecular complexity index is 1150. The van der Waals surface area contributed by atoms with E-state index in [1.165, 1.54) is 30.3 Å². The van der Waals surface area contributed by atoms with Crippen molar-refractivity contribution in [1.29, 1.82) is 0 Å². The van der Waals surface area contributed by atoms with Gasteiger partial charge in [0.1, 0.15) is 23.5 Å². The zero-order valence-electron chi connectivity index (χ0n) is 18.5. The summed E-state index contributed by atoms with van der Waals surface area (Å²) in [5.74, 6) is -0.940. The van der Waals surface area contributed by atoms with E-state index in [-0.39, 0.29) is 34.6 Å². The van der Waals surface area contributed by atoms with Crippen molar-refractivity contribution in [3.63, 3.8) is 0 Å². The number of nitrogens with zero attached hydrogens (tertiary/aromatic N) is 1. The molecule has 3 aromatic carbocycles. The van der Waals surface area contributed by atoms with Crippen LogP contribution in [0.2, 0.25) is 0 Å². The molecule has 0 spiro atoms. The molecule has 0 aliphatic heterocycles. The zero-order valence-corrected chi connectivity index (χ0v) is 18.5. The average molecular weight is 450 g/mol. The number of hydrogen-bond donors (Lipinski definition) is 3. The van der Waals surface area contributed by atoms with Crippen LogP contribution in [-0.4, -0.2) is 33.1 Å². The molecular formula is C27H28FNO4. The summed E-state index contributed by atoms with van der Waals surface area (Å²) < 4.78 is 13.1. The number of benzene rings is 3. The van der Waals surface area contributed by atoms with Crippen molar-refractivity contribution < 1.29 is 24.5 Å². The van der Waals surface area contributed by atoms with E-state index in [1.807, 2.05) is 25.2 Å². The molecule has 1 aliphatic carbocycles. The lowest BCUT2D eigenvalue weighted by atomic mass is 9.88. The zero-order chi connectivity index (χ0) is 23.5. The Hall–Kier alpha value is -3.22. The van der Waals surface area contributed by atoms with Gasteiger partial charge in [-0.25, -0.2) is 4.39 Å². The number of rotatable bonds is 6. The number of hydrogen-bond acceptors (Lipinski definition) is 5. The van der Waals surface area contributed by atoms with Crippen LogP contribution < -0.4 is 0 Å². The molecule has 5 nitrogen and oxygen atoms in total. The quantitative estimate of drug-likeness (QED) is 0.288. The summed E-state index contributed by atoms with van der Waals surface area (Å²) in [6, 6.07) is 16.2. The van der Waals surface area contributed by atoms with Crippen LogP contribution in [0.4, 0.5) is 4.39 Å². The molecule has 0 amide bonds. The lowest BCUT2D eigenvalue weighted by Gasteiger charge is -2.25. The Morgan fingerprint density at radius 3 is 2.55 bits per heavy atom. The molecule has 0 radical (unpaired) electrons. The van der Waals surface area contributed by atoms with E-state index in [2.05, 4.69) is 0 Å². The maximum absolute atomic E-state index is 13.1. The molecule has 2 atom stereocenters. The van der Waals surface area contributed by atoms with Gasteiger partial charge >= 0.3 is 0 Å². The number of phenols is 2. The smallest absolute Gasteiger partial charge is 0.169 e. The van der Waals surface area contributed by atoms with E-state index in [1.54, 1.807) is 17.0 Å². The molecule has 0 fully saturated rings. The number of aliphatic hydroxyl groups is 1. The Balaban J connectivity index is 1.48. The minimum atomic E-state index is -0.810. The molecule has 3 aromatic rings. The molecule has 0 heterocycles. The summed E-state index contributed by atoms with van der Waals surface area (Å²) in [7, 11) is 1.82. The highest BCUT2D eigenvalue weighted by Gasteiger charge is 2.26. The van der Waals surface area contributed by atoms with E-state index in [4.69, 9.17) is 0 Å². The Labute approximate surface area is 192 Å². The fourth-order valence-electron chi connectivity index (χ4n) is 4.54. The second-order valence-corrected chi connectivity index (χ2v) is 8.80. The summed E-state index contributed by atoms with van der Waals surface area (Å²) in [6.45, 7) is 0.477. The van der Waals surface area contributed by atoms with Crippen LogP contribution in [0.15, 0.2) is 60.7 Å². The van der Waals surface area contributed by atoms with Gasteiger partial charge in [-0.05, 0) is 79.3 Å². The first kappa shape index (κ1) is 23.0. The number of carbonyl (C=O) groups excluding carboxylic acids is 1. The van der Waals surface area contributed by atoms with Crippen LogP contribution in [0.25, 0.3) is 0 Å². The molecule has 172 valence electrons. The summed E-state index contributed by atoms with van der Waals surface area (Å²) in [5.41, 5.74) is 4.11. The fourth-order valence-corrected chi connectivity index (χ4v) is 4.54. The van der Waals surface area contributed by atoms with E-state index in [9.17, 15) is 24.5 Å². The SMILES string of the molecule is CN(Cc1ccc(F)cc1)C(O)c1ccc2c(c1)CCCC(C(=O)c1ccc(O)cc1O)C2. The summed E-state index contributed by atoms with van der Waals surface area (Å²) in [6.07, 6.45) is 2.10. The van der Waals surface area contributed by atoms with Crippen LogP contribution in [0.3, 0.4) is 0 Å². The van der Waals surface area contributed by atoms with Crippen LogP contribution in [0.5, 0.6) is 11.5 Å². The van der Waals surface area contributed by atoms with Crippen LogP contribution in [0.1, 0.15) is 51.7 Å². The van der Waals surface area contributed by atoms with Gasteiger partial charge in [-0.3, -0.25) is 9.69 Å². The molecule has 3 N–H and O–H groups in total. The monoisotopic (exact) mass is 449 g/mol. The number of Topliss-reactive ketones (excluding diaryl/α,β-unsaturated/α-hetero) is 1. The number of aliphatic hydroxyl groups excluding tert-OH is 1. The standard InChI is InChI=1S/C27H28FNO4/c1-29(16-17-5-9-22(28)10-6-17)27(33)21-8-7-19-13-20(4-2-3-18(19)14-21)26(32)24-12-11-23(30)15-25(24)31/h5-12,14-15,20,27,30-31,33H,2-4,13,16H2,1H3. The topological polar surface area (TPSA) is 81.0 Å². The minimum absolute atomic E-state index is 0.0780. The van der Waals surface area contributed by atoms with Crippen molar-refractivity contribution in [2.45, 2.75) is 38.5 Å². The third-order valence-electron chi connectivity index (χ3n) is 6.37. The number of phenolic OH excluding ortho intramolecular Hbond substituents is 2. The van der Waals surface area contributed by atoms with Gasteiger partial charge in [-0.1, -0.05) is 30.3 Å². The summed E-state index contributed by atoms with van der Waals surface area (Å²) in [5, 5.41) is 30.5. The van der Waals surface area contributed by atoms with Crippen LogP contribution in [-0.2, 0) is 19.4 Å². The number of ketones is 1. The largest absolute Gasteiger partial charge is 0.508 e. The van der Waals surface area contributed by atoms with Gasteiger partial charge in [0.2, 0.25) is 0 Å². The normalized spacial score (nSPS) is 16.8. The highest BCUT2D eigenvalue weighted by Crippen LogP contribution is 2.32.